The third-order valence-corrected chi connectivity index (χ3v) is 4.28. The van der Waals surface area contributed by atoms with Crippen LogP contribution in [-0.4, -0.2) is 15.9 Å². The molecule has 0 unspecified atom stereocenters. The number of nitrogens with one attached hydrogen (secondary N) is 1. The third-order valence-electron chi connectivity index (χ3n) is 3.89. The Kier molecular flexibility index (Phi) is 3.85. The molecule has 1 aromatic rings. The van der Waals surface area contributed by atoms with Crippen LogP contribution in [0.5, 0.6) is 0 Å². The van der Waals surface area contributed by atoms with Gasteiger partial charge in [-0.15, -0.1) is 0 Å². The number of aromatic nitrogens is 1. The smallest absolute Gasteiger partial charge is 0.233 e. The molecule has 1 aromatic heterocycles. The fourth-order valence-electron chi connectivity index (χ4n) is 2.65. The predicted molar refractivity (Wildman–Crippen MR) is 78.4 cm³/mol. The van der Waals surface area contributed by atoms with Crippen LogP contribution in [0, 0.1) is 18.3 Å². The molecule has 1 heterocycles. The van der Waals surface area contributed by atoms with Gasteiger partial charge in [0.1, 0.15) is 0 Å². The zero-order valence-electron chi connectivity index (χ0n) is 11.3. The van der Waals surface area contributed by atoms with E-state index in [9.17, 15) is 4.79 Å². The van der Waals surface area contributed by atoms with Crippen LogP contribution in [0.15, 0.2) is 18.5 Å². The highest BCUT2D eigenvalue weighted by molar-refractivity contribution is 7.80. The van der Waals surface area contributed by atoms with E-state index in [0.717, 1.165) is 24.0 Å². The van der Waals surface area contributed by atoms with Crippen LogP contribution < -0.4 is 11.1 Å². The summed E-state index contributed by atoms with van der Waals surface area (Å²) in [5.41, 5.74) is 7.25. The Hall–Kier alpha value is -1.49. The van der Waals surface area contributed by atoms with Crippen molar-refractivity contribution in [2.24, 2.45) is 17.1 Å². The number of amides is 1. The van der Waals surface area contributed by atoms with Gasteiger partial charge < -0.3 is 11.1 Å². The van der Waals surface area contributed by atoms with Crippen molar-refractivity contribution in [2.75, 3.05) is 0 Å². The highest BCUT2D eigenvalue weighted by atomic mass is 32.1. The van der Waals surface area contributed by atoms with Crippen molar-refractivity contribution in [1.29, 1.82) is 0 Å². The molecule has 3 N–H and O–H groups in total. The maximum atomic E-state index is 12.3. The topological polar surface area (TPSA) is 68.0 Å². The summed E-state index contributed by atoms with van der Waals surface area (Å²) in [5.74, 6) is 0.453. The van der Waals surface area contributed by atoms with Gasteiger partial charge in [-0.25, -0.2) is 0 Å². The van der Waals surface area contributed by atoms with Gasteiger partial charge in [0.2, 0.25) is 5.91 Å². The minimum absolute atomic E-state index is 0.0543. The normalized spacial score (nSPS) is 25.5. The molecule has 0 atom stereocenters. The standard InChI is InChI=1S/C14H19N3OS/c1-9-5-14(6-9,12(15)19)13(18)17-8-11-7-16-4-3-10(11)2/h3-4,7,9H,5-6,8H2,1-2H3,(H2,15,19)(H,17,18). The van der Waals surface area contributed by atoms with Crippen LogP contribution >= 0.6 is 12.2 Å². The van der Waals surface area contributed by atoms with Crippen LogP contribution in [0.4, 0.5) is 0 Å². The zero-order chi connectivity index (χ0) is 14.0. The number of carbonyl (C=O) groups excluding carboxylic acids is 1. The molecule has 5 heteroatoms. The zero-order valence-corrected chi connectivity index (χ0v) is 12.1. The van der Waals surface area contributed by atoms with Crippen molar-refractivity contribution in [2.45, 2.75) is 33.2 Å². The summed E-state index contributed by atoms with van der Waals surface area (Å²) in [5, 5.41) is 2.94. The molecular weight excluding hydrogens is 258 g/mol. The fourth-order valence-corrected chi connectivity index (χ4v) is 2.91. The Morgan fingerprint density at radius 3 is 2.84 bits per heavy atom. The van der Waals surface area contributed by atoms with Crippen molar-refractivity contribution < 1.29 is 4.79 Å². The van der Waals surface area contributed by atoms with E-state index >= 15 is 0 Å². The first-order valence-electron chi connectivity index (χ1n) is 6.43. The Balaban J connectivity index is 2.02. The number of hydrogen-bond acceptors (Lipinski definition) is 3. The minimum Gasteiger partial charge on any atom is -0.392 e. The van der Waals surface area contributed by atoms with Crippen LogP contribution in [0.3, 0.4) is 0 Å². The molecule has 0 spiro atoms. The summed E-state index contributed by atoms with van der Waals surface area (Å²) in [6.07, 6.45) is 5.01. The molecule has 1 saturated carbocycles. The lowest BCUT2D eigenvalue weighted by molar-refractivity contribution is -0.133. The fraction of sp³-hybridized carbons (Fsp3) is 0.500. The molecule has 19 heavy (non-hydrogen) atoms. The van der Waals surface area contributed by atoms with Gasteiger partial charge in [0.15, 0.2) is 0 Å². The second-order valence-corrected chi connectivity index (χ2v) is 5.88. The molecule has 1 aliphatic carbocycles. The van der Waals surface area contributed by atoms with Crippen molar-refractivity contribution >= 4 is 23.1 Å². The minimum atomic E-state index is -0.634. The summed E-state index contributed by atoms with van der Waals surface area (Å²) < 4.78 is 0. The Morgan fingerprint density at radius 2 is 2.32 bits per heavy atom. The van der Waals surface area contributed by atoms with Gasteiger partial charge in [0, 0.05) is 18.9 Å². The molecule has 1 aliphatic rings. The summed E-state index contributed by atoms with van der Waals surface area (Å²) in [7, 11) is 0. The van der Waals surface area contributed by atoms with Crippen molar-refractivity contribution in [3.05, 3.63) is 29.6 Å². The average Bonchev–Trinajstić information content (AvgIpc) is 2.33. The molecule has 2 rings (SSSR count). The summed E-state index contributed by atoms with van der Waals surface area (Å²) in [4.78, 5) is 16.7. The lowest BCUT2D eigenvalue weighted by Crippen LogP contribution is -2.55. The number of nitrogens with two attached hydrogens (primary N) is 1. The maximum Gasteiger partial charge on any atom is 0.233 e. The van der Waals surface area contributed by atoms with E-state index < -0.39 is 5.41 Å². The molecule has 0 aliphatic heterocycles. The first kappa shape index (κ1) is 13.9. The third kappa shape index (κ3) is 2.61. The van der Waals surface area contributed by atoms with Crippen LogP contribution in [0.1, 0.15) is 30.9 Å². The molecule has 4 nitrogen and oxygen atoms in total. The van der Waals surface area contributed by atoms with Gasteiger partial charge in [-0.05, 0) is 42.9 Å². The summed E-state index contributed by atoms with van der Waals surface area (Å²) in [6, 6.07) is 1.93. The van der Waals surface area contributed by atoms with E-state index in [1.807, 2.05) is 13.0 Å². The first-order valence-corrected chi connectivity index (χ1v) is 6.84. The van der Waals surface area contributed by atoms with Gasteiger partial charge >= 0.3 is 0 Å². The lowest BCUT2D eigenvalue weighted by atomic mass is 9.62. The van der Waals surface area contributed by atoms with Gasteiger partial charge in [0.25, 0.3) is 0 Å². The monoisotopic (exact) mass is 277 g/mol. The lowest BCUT2D eigenvalue weighted by Gasteiger charge is -2.44. The second-order valence-electron chi connectivity index (χ2n) is 5.44. The number of carbonyl (C=O) groups is 1. The maximum absolute atomic E-state index is 12.3. The molecule has 0 aromatic carbocycles. The number of aryl methyl sites for hydroxylation is 1. The molecular formula is C14H19N3OS. The van der Waals surface area contributed by atoms with E-state index in [-0.39, 0.29) is 5.91 Å². The summed E-state index contributed by atoms with van der Waals surface area (Å²) in [6.45, 7) is 4.57. The van der Waals surface area contributed by atoms with E-state index in [0.29, 0.717) is 17.5 Å². The predicted octanol–water partition coefficient (Wildman–Crippen LogP) is 1.71. The Labute approximate surface area is 118 Å². The van der Waals surface area contributed by atoms with Crippen LogP contribution in [-0.2, 0) is 11.3 Å². The summed E-state index contributed by atoms with van der Waals surface area (Å²) >= 11 is 5.07. The molecule has 1 amide bonds. The Morgan fingerprint density at radius 1 is 1.63 bits per heavy atom. The van der Waals surface area contributed by atoms with Crippen LogP contribution in [0.25, 0.3) is 0 Å². The van der Waals surface area contributed by atoms with Crippen molar-refractivity contribution in [1.82, 2.24) is 10.3 Å². The number of thiocarbonyl (C=S) groups is 1. The van der Waals surface area contributed by atoms with E-state index in [1.165, 1.54) is 0 Å². The number of rotatable bonds is 4. The highest BCUT2D eigenvalue weighted by Crippen LogP contribution is 2.45. The molecule has 1 fully saturated rings. The van der Waals surface area contributed by atoms with Crippen molar-refractivity contribution in [3.63, 3.8) is 0 Å². The first-order chi connectivity index (χ1) is 8.95. The largest absolute Gasteiger partial charge is 0.392 e. The van der Waals surface area contributed by atoms with Gasteiger partial charge in [-0.3, -0.25) is 9.78 Å². The number of hydrogen-bond donors (Lipinski definition) is 2. The average molecular weight is 277 g/mol. The van der Waals surface area contributed by atoms with Gasteiger partial charge in [-0.2, -0.15) is 0 Å². The van der Waals surface area contributed by atoms with E-state index in [4.69, 9.17) is 18.0 Å². The molecule has 0 radical (unpaired) electrons. The highest BCUT2D eigenvalue weighted by Gasteiger charge is 2.50. The van der Waals surface area contributed by atoms with Crippen molar-refractivity contribution in [3.8, 4) is 0 Å². The van der Waals surface area contributed by atoms with E-state index in [2.05, 4.69) is 17.2 Å². The molecule has 0 saturated heterocycles. The second kappa shape index (κ2) is 5.25. The number of nitrogens with zero attached hydrogens (tertiary/aromatic N) is 1. The van der Waals surface area contributed by atoms with E-state index in [1.54, 1.807) is 12.4 Å². The van der Waals surface area contributed by atoms with Gasteiger partial charge in [0.05, 0.1) is 10.4 Å². The SMILES string of the molecule is Cc1ccncc1CNC(=O)C1(C(N)=S)CC(C)C1. The quantitative estimate of drug-likeness (QED) is 0.822. The van der Waals surface area contributed by atoms with Crippen LogP contribution in [0.2, 0.25) is 0 Å². The molecule has 0 bridgehead atoms. The Bertz CT molecular complexity index is 509. The molecule has 102 valence electrons. The van der Waals surface area contributed by atoms with Gasteiger partial charge in [-0.1, -0.05) is 19.1 Å². The number of pyridine rings is 1.